The summed E-state index contributed by atoms with van der Waals surface area (Å²) in [5.41, 5.74) is 3.31. The van der Waals surface area contributed by atoms with Gasteiger partial charge in [0, 0.05) is 27.5 Å². The fraction of sp³-hybridized carbons (Fsp3) is 0.320. The molecule has 1 aliphatic rings. The predicted octanol–water partition coefficient (Wildman–Crippen LogP) is 4.93. The summed E-state index contributed by atoms with van der Waals surface area (Å²) in [6.07, 6.45) is 0. The Hall–Kier alpha value is -3.19. The summed E-state index contributed by atoms with van der Waals surface area (Å²) < 4.78 is 2.03. The van der Waals surface area contributed by atoms with Gasteiger partial charge in [-0.15, -0.1) is 11.3 Å². The minimum absolute atomic E-state index is 0.262. The highest BCUT2D eigenvalue weighted by Crippen LogP contribution is 2.32. The molecule has 7 heteroatoms. The van der Waals surface area contributed by atoms with Crippen LogP contribution in [-0.4, -0.2) is 33.7 Å². The molecule has 1 aromatic carbocycles. The number of hydrogen-bond donors (Lipinski definition) is 1. The molecule has 3 heterocycles. The van der Waals surface area contributed by atoms with Crippen molar-refractivity contribution in [3.05, 3.63) is 75.2 Å². The van der Waals surface area contributed by atoms with E-state index < -0.39 is 17.5 Å². The van der Waals surface area contributed by atoms with E-state index in [1.165, 1.54) is 16.9 Å². The van der Waals surface area contributed by atoms with Crippen LogP contribution in [0, 0.1) is 13.8 Å². The van der Waals surface area contributed by atoms with Crippen molar-refractivity contribution >= 4 is 29.1 Å². The Labute approximate surface area is 191 Å². The molecule has 166 valence electrons. The molecule has 0 saturated carbocycles. The third-order valence-electron chi connectivity index (χ3n) is 6.14. The average Bonchev–Trinajstić information content (AvgIpc) is 3.44. The van der Waals surface area contributed by atoms with Gasteiger partial charge in [-0.3, -0.25) is 14.5 Å². The van der Waals surface area contributed by atoms with Crippen molar-refractivity contribution in [1.29, 1.82) is 0 Å². The highest BCUT2D eigenvalue weighted by Gasteiger charge is 2.50. The van der Waals surface area contributed by atoms with Crippen LogP contribution in [0.4, 0.5) is 4.79 Å². The van der Waals surface area contributed by atoms with E-state index in [9.17, 15) is 14.4 Å². The fourth-order valence-electron chi connectivity index (χ4n) is 4.25. The summed E-state index contributed by atoms with van der Waals surface area (Å²) >= 11 is 1.40. The number of thiophene rings is 1. The number of nitrogens with one attached hydrogen (secondary N) is 1. The molecule has 0 radical (unpaired) electrons. The lowest BCUT2D eigenvalue weighted by molar-refractivity contribution is -0.130. The molecular weight excluding hydrogens is 422 g/mol. The molecule has 0 aliphatic carbocycles. The Kier molecular flexibility index (Phi) is 5.54. The summed E-state index contributed by atoms with van der Waals surface area (Å²) in [4.78, 5) is 40.6. The van der Waals surface area contributed by atoms with Gasteiger partial charge in [-0.2, -0.15) is 0 Å². The minimum Gasteiger partial charge on any atom is -0.319 e. The molecule has 2 aromatic heterocycles. The zero-order chi connectivity index (χ0) is 23.2. The van der Waals surface area contributed by atoms with Crippen molar-refractivity contribution in [2.45, 2.75) is 46.1 Å². The number of ketones is 1. The average molecular weight is 450 g/mol. The fourth-order valence-corrected chi connectivity index (χ4v) is 5.09. The van der Waals surface area contributed by atoms with Gasteiger partial charge in [-0.1, -0.05) is 32.0 Å². The van der Waals surface area contributed by atoms with E-state index in [0.29, 0.717) is 11.5 Å². The lowest BCUT2D eigenvalue weighted by Crippen LogP contribution is -2.40. The second-order valence-corrected chi connectivity index (χ2v) is 9.66. The number of benzene rings is 1. The number of aryl methyl sites for hydroxylation is 1. The van der Waals surface area contributed by atoms with Crippen molar-refractivity contribution in [2.75, 3.05) is 6.54 Å². The third kappa shape index (κ3) is 3.56. The zero-order valence-electron chi connectivity index (χ0n) is 18.9. The van der Waals surface area contributed by atoms with Crippen LogP contribution >= 0.6 is 11.3 Å². The minimum atomic E-state index is -1.14. The van der Waals surface area contributed by atoms with E-state index in [-0.39, 0.29) is 12.3 Å². The van der Waals surface area contributed by atoms with Crippen LogP contribution in [0.3, 0.4) is 0 Å². The van der Waals surface area contributed by atoms with Crippen LogP contribution < -0.4 is 5.32 Å². The number of Topliss-reactive ketones (excluding diaryl/α,β-unsaturated/α-hetero) is 1. The molecule has 32 heavy (non-hydrogen) atoms. The smallest absolute Gasteiger partial charge is 0.319 e. The first-order valence-electron chi connectivity index (χ1n) is 10.6. The van der Waals surface area contributed by atoms with Crippen LogP contribution in [0.25, 0.3) is 5.69 Å². The molecule has 1 N–H and O–H groups in total. The lowest BCUT2D eigenvalue weighted by Gasteiger charge is -2.19. The third-order valence-corrected chi connectivity index (χ3v) is 7.23. The molecule has 3 amide bonds. The predicted molar refractivity (Wildman–Crippen MR) is 126 cm³/mol. The number of amides is 3. The molecule has 6 nitrogen and oxygen atoms in total. The van der Waals surface area contributed by atoms with Gasteiger partial charge in [0.2, 0.25) is 0 Å². The first kappa shape index (κ1) is 22.0. The monoisotopic (exact) mass is 449 g/mol. The van der Waals surface area contributed by atoms with Crippen molar-refractivity contribution in [2.24, 2.45) is 0 Å². The summed E-state index contributed by atoms with van der Waals surface area (Å²) in [5, 5.41) is 4.61. The van der Waals surface area contributed by atoms with Crippen molar-refractivity contribution in [3.63, 3.8) is 0 Å². The summed E-state index contributed by atoms with van der Waals surface area (Å²) in [6.45, 7) is 9.52. The standard InChI is InChI=1S/C25H27N3O3S/c1-15(2)18-8-10-19(11-9-18)28-16(3)13-20(17(28)4)21(29)14-27-23(30)25(5,26-24(27)31)22-7-6-12-32-22/h6-13,15H,14H2,1-5H3,(H,26,31). The van der Waals surface area contributed by atoms with E-state index in [1.54, 1.807) is 6.92 Å². The number of imide groups is 1. The van der Waals surface area contributed by atoms with E-state index in [2.05, 4.69) is 31.3 Å². The Morgan fingerprint density at radius 1 is 1.12 bits per heavy atom. The van der Waals surface area contributed by atoms with E-state index in [0.717, 1.165) is 26.9 Å². The maximum Gasteiger partial charge on any atom is 0.325 e. The van der Waals surface area contributed by atoms with Gasteiger partial charge in [0.05, 0.1) is 6.54 Å². The Morgan fingerprint density at radius 3 is 2.41 bits per heavy atom. The number of hydrogen-bond acceptors (Lipinski definition) is 4. The first-order chi connectivity index (χ1) is 15.1. The van der Waals surface area contributed by atoms with Crippen LogP contribution in [0.5, 0.6) is 0 Å². The number of carbonyl (C=O) groups excluding carboxylic acids is 3. The van der Waals surface area contributed by atoms with Crippen molar-refractivity contribution in [1.82, 2.24) is 14.8 Å². The van der Waals surface area contributed by atoms with Crippen LogP contribution in [-0.2, 0) is 10.3 Å². The van der Waals surface area contributed by atoms with Crippen LogP contribution in [0.15, 0.2) is 47.8 Å². The molecule has 3 aromatic rings. The van der Waals surface area contributed by atoms with Gasteiger partial charge in [-0.05, 0) is 61.9 Å². The van der Waals surface area contributed by atoms with Gasteiger partial charge in [0.25, 0.3) is 5.91 Å². The quantitative estimate of drug-likeness (QED) is 0.428. The summed E-state index contributed by atoms with van der Waals surface area (Å²) in [6, 6.07) is 13.2. The van der Waals surface area contributed by atoms with Gasteiger partial charge in [0.15, 0.2) is 11.3 Å². The van der Waals surface area contributed by atoms with Crippen LogP contribution in [0.1, 0.15) is 58.9 Å². The number of rotatable bonds is 6. The molecule has 0 bridgehead atoms. The number of urea groups is 1. The molecule has 0 spiro atoms. The molecule has 1 unspecified atom stereocenters. The molecule has 1 saturated heterocycles. The number of aromatic nitrogens is 1. The molecule has 1 fully saturated rings. The highest BCUT2D eigenvalue weighted by molar-refractivity contribution is 7.10. The molecule has 1 atom stereocenters. The lowest BCUT2D eigenvalue weighted by atomic mass is 10.0. The van der Waals surface area contributed by atoms with Gasteiger partial charge in [0.1, 0.15) is 0 Å². The van der Waals surface area contributed by atoms with E-state index in [4.69, 9.17) is 0 Å². The van der Waals surface area contributed by atoms with Crippen molar-refractivity contribution < 1.29 is 14.4 Å². The Morgan fingerprint density at radius 2 is 1.81 bits per heavy atom. The second kappa shape index (κ2) is 8.06. The summed E-state index contributed by atoms with van der Waals surface area (Å²) in [7, 11) is 0. The number of carbonyl (C=O) groups is 3. The second-order valence-electron chi connectivity index (χ2n) is 8.71. The first-order valence-corrected chi connectivity index (χ1v) is 11.5. The van der Waals surface area contributed by atoms with Crippen molar-refractivity contribution in [3.8, 4) is 5.69 Å². The largest absolute Gasteiger partial charge is 0.325 e. The molecule has 1 aliphatic heterocycles. The highest BCUT2D eigenvalue weighted by atomic mass is 32.1. The maximum atomic E-state index is 13.2. The maximum absolute atomic E-state index is 13.2. The van der Waals surface area contributed by atoms with E-state index in [1.807, 2.05) is 54.1 Å². The molecule has 4 rings (SSSR count). The Bertz CT molecular complexity index is 1190. The van der Waals surface area contributed by atoms with E-state index >= 15 is 0 Å². The van der Waals surface area contributed by atoms with Crippen LogP contribution in [0.2, 0.25) is 0 Å². The van der Waals surface area contributed by atoms with Gasteiger partial charge in [-0.25, -0.2) is 4.79 Å². The summed E-state index contributed by atoms with van der Waals surface area (Å²) in [5.74, 6) is -0.226. The van der Waals surface area contributed by atoms with Gasteiger partial charge >= 0.3 is 6.03 Å². The zero-order valence-corrected chi connectivity index (χ0v) is 19.7. The molecular formula is C25H27N3O3S. The normalized spacial score (nSPS) is 18.5. The Balaban J connectivity index is 1.59. The SMILES string of the molecule is Cc1cc(C(=O)CN2C(=O)NC(C)(c3cccs3)C2=O)c(C)n1-c1ccc(C(C)C)cc1. The number of nitrogens with zero attached hydrogens (tertiary/aromatic N) is 2. The van der Waals surface area contributed by atoms with Gasteiger partial charge < -0.3 is 9.88 Å². The topological polar surface area (TPSA) is 71.4 Å².